The van der Waals surface area contributed by atoms with Gasteiger partial charge in [0.05, 0.1) is 19.0 Å². The van der Waals surface area contributed by atoms with Gasteiger partial charge in [-0.25, -0.2) is 15.4 Å². The summed E-state index contributed by atoms with van der Waals surface area (Å²) in [6.07, 6.45) is -7.06. The van der Waals surface area contributed by atoms with E-state index in [-0.39, 0.29) is 11.4 Å². The van der Waals surface area contributed by atoms with Crippen LogP contribution in [0.5, 0.6) is 5.75 Å². The fourth-order valence-corrected chi connectivity index (χ4v) is 2.45. The van der Waals surface area contributed by atoms with Gasteiger partial charge < -0.3 is 4.74 Å². The number of anilines is 1. The van der Waals surface area contributed by atoms with Crippen molar-refractivity contribution in [3.05, 3.63) is 54.0 Å². The fraction of sp³-hybridized carbons (Fsp3) is 0.222. The predicted octanol–water partition coefficient (Wildman–Crippen LogP) is 4.38. The standard InChI is InChI=1S/C18H14F6N6O/c1-31-13-4-2-3-11(7-13)14-8-15(18(22,23)24)27-16(26-14)28-25-9-12-5-6-30(29-12)10-17(19,20)21/h2-9H,10H2,1H3,(H,26,27,28)/b25-9-. The van der Waals surface area contributed by atoms with Crippen molar-refractivity contribution in [3.63, 3.8) is 0 Å². The molecule has 13 heteroatoms. The molecule has 0 amide bonds. The van der Waals surface area contributed by atoms with Gasteiger partial charge in [0.15, 0.2) is 5.69 Å². The second kappa shape index (κ2) is 8.62. The Labute approximate surface area is 171 Å². The van der Waals surface area contributed by atoms with Crippen molar-refractivity contribution in [1.29, 1.82) is 0 Å². The molecule has 0 aliphatic rings. The summed E-state index contributed by atoms with van der Waals surface area (Å²) in [5.41, 5.74) is 1.42. The van der Waals surface area contributed by atoms with Gasteiger partial charge in [-0.2, -0.15) is 36.5 Å². The number of alkyl halides is 6. The molecule has 0 spiro atoms. The highest BCUT2D eigenvalue weighted by Gasteiger charge is 2.34. The molecule has 1 aromatic carbocycles. The van der Waals surface area contributed by atoms with E-state index in [9.17, 15) is 26.3 Å². The van der Waals surface area contributed by atoms with E-state index in [1.165, 1.54) is 19.2 Å². The van der Waals surface area contributed by atoms with Crippen molar-refractivity contribution < 1.29 is 31.1 Å². The van der Waals surface area contributed by atoms with Crippen LogP contribution < -0.4 is 10.2 Å². The minimum Gasteiger partial charge on any atom is -0.497 e. The average molecular weight is 444 g/mol. The molecule has 0 bridgehead atoms. The molecule has 0 aliphatic carbocycles. The molecule has 2 heterocycles. The van der Waals surface area contributed by atoms with E-state index in [4.69, 9.17) is 4.74 Å². The number of hydrogen-bond acceptors (Lipinski definition) is 6. The fourth-order valence-electron chi connectivity index (χ4n) is 2.45. The largest absolute Gasteiger partial charge is 0.497 e. The molecule has 0 radical (unpaired) electrons. The van der Waals surface area contributed by atoms with Gasteiger partial charge in [-0.05, 0) is 24.3 Å². The first-order valence-electron chi connectivity index (χ1n) is 8.53. The van der Waals surface area contributed by atoms with Crippen LogP contribution in [0.25, 0.3) is 11.3 Å². The average Bonchev–Trinajstić information content (AvgIpc) is 3.12. The molecule has 0 atom stereocenters. The van der Waals surface area contributed by atoms with Crippen LogP contribution in [-0.2, 0) is 12.7 Å². The molecule has 0 aliphatic heterocycles. The van der Waals surface area contributed by atoms with E-state index in [0.29, 0.717) is 16.0 Å². The molecule has 1 N–H and O–H groups in total. The van der Waals surface area contributed by atoms with E-state index in [1.807, 2.05) is 0 Å². The topological polar surface area (TPSA) is 77.2 Å². The van der Waals surface area contributed by atoms with Crippen molar-refractivity contribution >= 4 is 12.2 Å². The molecule has 0 saturated carbocycles. The van der Waals surface area contributed by atoms with Crippen LogP contribution >= 0.6 is 0 Å². The normalized spacial score (nSPS) is 12.4. The van der Waals surface area contributed by atoms with Crippen molar-refractivity contribution in [1.82, 2.24) is 19.7 Å². The molecule has 31 heavy (non-hydrogen) atoms. The number of rotatable bonds is 6. The summed E-state index contributed by atoms with van der Waals surface area (Å²) in [7, 11) is 1.41. The zero-order valence-corrected chi connectivity index (χ0v) is 15.7. The lowest BCUT2D eigenvalue weighted by Gasteiger charge is -2.10. The zero-order chi connectivity index (χ0) is 22.6. The number of methoxy groups -OCH3 is 1. The SMILES string of the molecule is COc1cccc(-c2cc(C(F)(F)F)nc(N/N=C\c3ccn(CC(F)(F)F)n3)n2)c1. The van der Waals surface area contributed by atoms with Gasteiger partial charge in [0.1, 0.15) is 18.0 Å². The lowest BCUT2D eigenvalue weighted by atomic mass is 10.1. The van der Waals surface area contributed by atoms with Crippen LogP contribution in [0.1, 0.15) is 11.4 Å². The van der Waals surface area contributed by atoms with Gasteiger partial charge in [0.25, 0.3) is 0 Å². The Morgan fingerprint density at radius 3 is 2.55 bits per heavy atom. The Morgan fingerprint density at radius 1 is 1.10 bits per heavy atom. The van der Waals surface area contributed by atoms with E-state index in [0.717, 1.165) is 18.5 Å². The number of hydrazone groups is 1. The van der Waals surface area contributed by atoms with Crippen LogP contribution in [0, 0.1) is 0 Å². The molecule has 0 fully saturated rings. The number of ether oxygens (including phenoxy) is 1. The van der Waals surface area contributed by atoms with Crippen molar-refractivity contribution in [2.45, 2.75) is 18.9 Å². The summed E-state index contributed by atoms with van der Waals surface area (Å²) < 4.78 is 82.5. The lowest BCUT2D eigenvalue weighted by Crippen LogP contribution is -2.18. The van der Waals surface area contributed by atoms with E-state index in [1.54, 1.807) is 18.2 Å². The summed E-state index contributed by atoms with van der Waals surface area (Å²) >= 11 is 0. The first-order chi connectivity index (χ1) is 14.5. The molecule has 3 aromatic rings. The Hall–Kier alpha value is -3.64. The maximum absolute atomic E-state index is 13.2. The molecule has 7 nitrogen and oxygen atoms in total. The molecule has 0 saturated heterocycles. The van der Waals surface area contributed by atoms with Crippen LogP contribution in [0.15, 0.2) is 47.7 Å². The van der Waals surface area contributed by atoms with Crippen molar-refractivity contribution in [2.75, 3.05) is 12.5 Å². The zero-order valence-electron chi connectivity index (χ0n) is 15.7. The second-order valence-electron chi connectivity index (χ2n) is 6.12. The van der Waals surface area contributed by atoms with Gasteiger partial charge in [0, 0.05) is 11.8 Å². The summed E-state index contributed by atoms with van der Waals surface area (Å²) in [6, 6.07) is 8.30. The van der Waals surface area contributed by atoms with Crippen molar-refractivity contribution in [2.24, 2.45) is 5.10 Å². The minimum absolute atomic E-state index is 0.0339. The smallest absolute Gasteiger partial charge is 0.433 e. The predicted molar refractivity (Wildman–Crippen MR) is 98.5 cm³/mol. The number of aromatic nitrogens is 4. The molecular weight excluding hydrogens is 430 g/mol. The van der Waals surface area contributed by atoms with Gasteiger partial charge in [-0.3, -0.25) is 4.68 Å². The van der Waals surface area contributed by atoms with Crippen LogP contribution in [0.4, 0.5) is 32.3 Å². The Bertz CT molecular complexity index is 1080. The minimum atomic E-state index is -4.74. The third kappa shape index (κ3) is 6.17. The molecule has 2 aromatic heterocycles. The lowest BCUT2D eigenvalue weighted by molar-refractivity contribution is -0.143. The van der Waals surface area contributed by atoms with Gasteiger partial charge in [0.2, 0.25) is 5.95 Å². The summed E-state index contributed by atoms with van der Waals surface area (Å²) in [6.45, 7) is -1.28. The van der Waals surface area contributed by atoms with E-state index in [2.05, 4.69) is 25.6 Å². The van der Waals surface area contributed by atoms with Gasteiger partial charge in [-0.15, -0.1) is 0 Å². The highest BCUT2D eigenvalue weighted by Crippen LogP contribution is 2.32. The maximum atomic E-state index is 13.2. The highest BCUT2D eigenvalue weighted by atomic mass is 19.4. The van der Waals surface area contributed by atoms with Crippen LogP contribution in [0.3, 0.4) is 0 Å². The van der Waals surface area contributed by atoms with Crippen molar-refractivity contribution in [3.8, 4) is 17.0 Å². The summed E-state index contributed by atoms with van der Waals surface area (Å²) in [5.74, 6) is -0.0368. The molecule has 0 unspecified atom stereocenters. The number of nitrogens with zero attached hydrogens (tertiary/aromatic N) is 5. The van der Waals surface area contributed by atoms with Gasteiger partial charge >= 0.3 is 12.4 Å². The Morgan fingerprint density at radius 2 is 1.87 bits per heavy atom. The summed E-state index contributed by atoms with van der Waals surface area (Å²) in [4.78, 5) is 7.40. The van der Waals surface area contributed by atoms with Gasteiger partial charge in [-0.1, -0.05) is 12.1 Å². The number of benzene rings is 1. The number of nitrogens with one attached hydrogen (secondary N) is 1. The third-order valence-electron chi connectivity index (χ3n) is 3.75. The monoisotopic (exact) mass is 444 g/mol. The molecular formula is C18H14F6N6O. The molecule has 3 rings (SSSR count). The van der Waals surface area contributed by atoms with E-state index < -0.39 is 30.5 Å². The third-order valence-corrected chi connectivity index (χ3v) is 3.75. The number of hydrogen-bond donors (Lipinski definition) is 1. The van der Waals surface area contributed by atoms with E-state index >= 15 is 0 Å². The summed E-state index contributed by atoms with van der Waals surface area (Å²) in [5, 5.41) is 7.30. The van der Waals surface area contributed by atoms with Crippen LogP contribution in [0.2, 0.25) is 0 Å². The number of halogens is 6. The first-order valence-corrected chi connectivity index (χ1v) is 8.53. The Kier molecular flexibility index (Phi) is 6.13. The quantitative estimate of drug-likeness (QED) is 0.347. The first kappa shape index (κ1) is 22.1. The van der Waals surface area contributed by atoms with Crippen LogP contribution in [-0.4, -0.2) is 39.2 Å². The molecule has 164 valence electrons. The highest BCUT2D eigenvalue weighted by molar-refractivity contribution is 5.77. The second-order valence-corrected chi connectivity index (χ2v) is 6.12. The Balaban J connectivity index is 1.84. The maximum Gasteiger partial charge on any atom is 0.433 e.